The number of nitrogens with one attached hydrogen (secondary N) is 1. The number of amides is 1. The van der Waals surface area contributed by atoms with Crippen molar-refractivity contribution in [2.45, 2.75) is 20.8 Å². The van der Waals surface area contributed by atoms with Crippen LogP contribution < -0.4 is 11.1 Å². The fourth-order valence-electron chi connectivity index (χ4n) is 0.433. The summed E-state index contributed by atoms with van der Waals surface area (Å²) in [5.41, 5.74) is 4.83. The van der Waals surface area contributed by atoms with E-state index in [9.17, 15) is 4.79 Å². The van der Waals surface area contributed by atoms with Crippen LogP contribution in [0, 0.1) is 5.41 Å². The van der Waals surface area contributed by atoms with Gasteiger partial charge in [-0.2, -0.15) is 0 Å². The molecule has 0 saturated carbocycles. The number of carbonyl (C=O) groups is 1. The highest BCUT2D eigenvalue weighted by Crippen LogP contribution is 2.11. The summed E-state index contributed by atoms with van der Waals surface area (Å²) in [6, 6.07) is 0. The molecule has 0 unspecified atom stereocenters. The second kappa shape index (κ2) is 3.67. The van der Waals surface area contributed by atoms with Crippen LogP contribution in [0.4, 0.5) is 0 Å². The van der Waals surface area contributed by atoms with Gasteiger partial charge in [-0.05, 0) is 0 Å². The maximum Gasteiger partial charge on any atom is 0.225 e. The van der Waals surface area contributed by atoms with Crippen LogP contribution in [0.1, 0.15) is 20.8 Å². The molecule has 0 aromatic heterocycles. The Balaban J connectivity index is 3.80. The van der Waals surface area contributed by atoms with Crippen molar-refractivity contribution in [3.05, 3.63) is 0 Å². The molecule has 0 aliphatic rings. The molecule has 0 spiro atoms. The van der Waals surface area contributed by atoms with Crippen LogP contribution in [0.15, 0.2) is 0 Å². The van der Waals surface area contributed by atoms with Crippen molar-refractivity contribution in [3.63, 3.8) is 0 Å². The maximum absolute atomic E-state index is 11.1. The summed E-state index contributed by atoms with van der Waals surface area (Å²) < 4.78 is 0. The Labute approximate surface area is 72.3 Å². The average molecular weight is 174 g/mol. The first-order chi connectivity index (χ1) is 4.84. The molecule has 0 aromatic rings. The van der Waals surface area contributed by atoms with Crippen molar-refractivity contribution in [3.8, 4) is 0 Å². The monoisotopic (exact) mass is 174 g/mol. The van der Waals surface area contributed by atoms with Gasteiger partial charge < -0.3 is 11.1 Å². The summed E-state index contributed by atoms with van der Waals surface area (Å²) in [7, 11) is 0. The van der Waals surface area contributed by atoms with Crippen molar-refractivity contribution in [2.24, 2.45) is 11.1 Å². The second-order valence-electron chi connectivity index (χ2n) is 3.40. The molecule has 0 fully saturated rings. The summed E-state index contributed by atoms with van der Waals surface area (Å²) in [5.74, 6) is -0.0368. The van der Waals surface area contributed by atoms with Crippen LogP contribution in [0.25, 0.3) is 0 Å². The molecular formula is C7H14N2OS. The zero-order valence-electron chi connectivity index (χ0n) is 7.10. The quantitative estimate of drug-likeness (QED) is 0.597. The lowest BCUT2D eigenvalue weighted by Crippen LogP contribution is -2.39. The Morgan fingerprint density at radius 3 is 2.27 bits per heavy atom. The molecule has 0 aromatic carbocycles. The smallest absolute Gasteiger partial charge is 0.225 e. The van der Waals surface area contributed by atoms with Gasteiger partial charge in [-0.1, -0.05) is 33.0 Å². The van der Waals surface area contributed by atoms with Gasteiger partial charge in [0.25, 0.3) is 0 Å². The summed E-state index contributed by atoms with van der Waals surface area (Å²) in [6.45, 7) is 5.79. The van der Waals surface area contributed by atoms with E-state index in [2.05, 4.69) is 17.5 Å². The maximum atomic E-state index is 11.1. The fraction of sp³-hybridized carbons (Fsp3) is 0.714. The summed E-state index contributed by atoms with van der Waals surface area (Å²) >= 11 is 4.60. The Bertz CT molecular complexity index is 172. The first-order valence-corrected chi connectivity index (χ1v) is 3.81. The number of thiocarbonyl (C=S) groups is 1. The lowest BCUT2D eigenvalue weighted by molar-refractivity contribution is -0.128. The number of carbonyl (C=O) groups excluding carboxylic acids is 1. The van der Waals surface area contributed by atoms with Gasteiger partial charge in [-0.15, -0.1) is 0 Å². The number of hydrogen-bond donors (Lipinski definition) is 2. The SMILES string of the molecule is CC(C)(C)C(=O)NCC(N)=S. The average Bonchev–Trinajstić information content (AvgIpc) is 1.80. The van der Waals surface area contributed by atoms with E-state index in [-0.39, 0.29) is 17.9 Å². The van der Waals surface area contributed by atoms with E-state index < -0.39 is 0 Å². The first kappa shape index (κ1) is 10.4. The molecule has 0 heterocycles. The second-order valence-corrected chi connectivity index (χ2v) is 3.92. The molecule has 0 radical (unpaired) electrons. The summed E-state index contributed by atoms with van der Waals surface area (Å²) in [4.78, 5) is 11.5. The zero-order chi connectivity index (χ0) is 9.07. The summed E-state index contributed by atoms with van der Waals surface area (Å²) in [6.07, 6.45) is 0. The molecule has 0 rings (SSSR count). The lowest BCUT2D eigenvalue weighted by Gasteiger charge is -2.16. The molecule has 1 amide bonds. The van der Waals surface area contributed by atoms with Crippen LogP contribution in [-0.2, 0) is 4.79 Å². The largest absolute Gasteiger partial charge is 0.392 e. The van der Waals surface area contributed by atoms with Gasteiger partial charge in [0.1, 0.15) is 0 Å². The van der Waals surface area contributed by atoms with Gasteiger partial charge in [-0.3, -0.25) is 4.79 Å². The topological polar surface area (TPSA) is 55.1 Å². The van der Waals surface area contributed by atoms with Crippen molar-refractivity contribution < 1.29 is 4.79 Å². The minimum Gasteiger partial charge on any atom is -0.392 e. The highest BCUT2D eigenvalue weighted by atomic mass is 32.1. The molecule has 0 aliphatic carbocycles. The number of nitrogens with two attached hydrogens (primary N) is 1. The molecule has 0 aliphatic heterocycles. The predicted molar refractivity (Wildman–Crippen MR) is 49.3 cm³/mol. The van der Waals surface area contributed by atoms with Crippen LogP contribution in [0.2, 0.25) is 0 Å². The fourth-order valence-corrected chi connectivity index (χ4v) is 0.505. The van der Waals surface area contributed by atoms with E-state index >= 15 is 0 Å². The molecule has 4 heteroatoms. The third kappa shape index (κ3) is 4.72. The number of rotatable bonds is 2. The van der Waals surface area contributed by atoms with Crippen LogP contribution in [-0.4, -0.2) is 17.4 Å². The van der Waals surface area contributed by atoms with E-state index in [1.54, 1.807) is 0 Å². The highest BCUT2D eigenvalue weighted by molar-refractivity contribution is 7.80. The van der Waals surface area contributed by atoms with E-state index in [0.717, 1.165) is 0 Å². The standard InChI is InChI=1S/C7H14N2OS/c1-7(2,3)6(10)9-4-5(8)11/h4H2,1-3H3,(H2,8,11)(H,9,10). The van der Waals surface area contributed by atoms with Gasteiger partial charge in [-0.25, -0.2) is 0 Å². The molecule has 3 N–H and O–H groups in total. The van der Waals surface area contributed by atoms with E-state index in [4.69, 9.17) is 5.73 Å². The number of hydrogen-bond acceptors (Lipinski definition) is 2. The van der Waals surface area contributed by atoms with Crippen LogP contribution in [0.3, 0.4) is 0 Å². The zero-order valence-corrected chi connectivity index (χ0v) is 7.92. The molecule has 0 bridgehead atoms. The first-order valence-electron chi connectivity index (χ1n) is 3.40. The van der Waals surface area contributed by atoms with Gasteiger partial charge >= 0.3 is 0 Å². The Hall–Kier alpha value is -0.640. The van der Waals surface area contributed by atoms with E-state index in [0.29, 0.717) is 4.99 Å². The molecule has 3 nitrogen and oxygen atoms in total. The third-order valence-electron chi connectivity index (χ3n) is 1.10. The van der Waals surface area contributed by atoms with Gasteiger partial charge in [0, 0.05) is 5.41 Å². The molecular weight excluding hydrogens is 160 g/mol. The molecule has 0 atom stereocenters. The Kier molecular flexibility index (Phi) is 3.45. The van der Waals surface area contributed by atoms with Crippen LogP contribution in [0.5, 0.6) is 0 Å². The highest BCUT2D eigenvalue weighted by Gasteiger charge is 2.20. The molecule has 64 valence electrons. The van der Waals surface area contributed by atoms with Crippen molar-refractivity contribution in [1.29, 1.82) is 0 Å². The van der Waals surface area contributed by atoms with Crippen molar-refractivity contribution in [2.75, 3.05) is 6.54 Å². The minimum atomic E-state index is -0.370. The Morgan fingerprint density at radius 1 is 1.55 bits per heavy atom. The van der Waals surface area contributed by atoms with Gasteiger partial charge in [0.2, 0.25) is 5.91 Å². The van der Waals surface area contributed by atoms with E-state index in [1.165, 1.54) is 0 Å². The van der Waals surface area contributed by atoms with E-state index in [1.807, 2.05) is 20.8 Å². The van der Waals surface area contributed by atoms with Crippen LogP contribution >= 0.6 is 12.2 Å². The van der Waals surface area contributed by atoms with Crippen molar-refractivity contribution >= 4 is 23.1 Å². The summed E-state index contributed by atoms with van der Waals surface area (Å²) in [5, 5.41) is 2.62. The van der Waals surface area contributed by atoms with Gasteiger partial charge in [0.15, 0.2) is 0 Å². The van der Waals surface area contributed by atoms with Crippen molar-refractivity contribution in [1.82, 2.24) is 5.32 Å². The predicted octanol–water partition coefficient (Wildman–Crippen LogP) is 0.435. The lowest BCUT2D eigenvalue weighted by atomic mass is 9.96. The Morgan fingerprint density at radius 2 is 2.00 bits per heavy atom. The van der Waals surface area contributed by atoms with Gasteiger partial charge in [0.05, 0.1) is 11.5 Å². The third-order valence-corrected chi connectivity index (χ3v) is 1.25. The minimum absolute atomic E-state index is 0.0368. The molecule has 11 heavy (non-hydrogen) atoms. The normalized spacial score (nSPS) is 10.8. The molecule has 0 saturated heterocycles.